The number of hydrogen-bond donors (Lipinski definition) is 1. The van der Waals surface area contributed by atoms with Gasteiger partial charge in [-0.15, -0.1) is 0 Å². The molecule has 1 unspecified atom stereocenters. The van der Waals surface area contributed by atoms with Gasteiger partial charge in [0.15, 0.2) is 0 Å². The molecule has 3 aliphatic rings. The van der Waals surface area contributed by atoms with Gasteiger partial charge in [0, 0.05) is 13.0 Å². The zero-order valence-electron chi connectivity index (χ0n) is 7.55. The van der Waals surface area contributed by atoms with Gasteiger partial charge in [-0.3, -0.25) is 0 Å². The molecule has 1 aliphatic heterocycles. The summed E-state index contributed by atoms with van der Waals surface area (Å²) in [5.41, 5.74) is 9.77. The second kappa shape index (κ2) is 2.34. The van der Waals surface area contributed by atoms with Crippen LogP contribution in [0.1, 0.15) is 12.8 Å². The van der Waals surface area contributed by atoms with E-state index in [1.807, 2.05) is 0 Å². The summed E-state index contributed by atoms with van der Waals surface area (Å²) >= 11 is 0. The van der Waals surface area contributed by atoms with Gasteiger partial charge in [-0.2, -0.15) is 0 Å². The molecule has 1 fully saturated rings. The van der Waals surface area contributed by atoms with Crippen LogP contribution in [0, 0.1) is 0 Å². The summed E-state index contributed by atoms with van der Waals surface area (Å²) in [4.78, 5) is 0. The Bertz CT molecular complexity index is 351. The number of ether oxygens (including phenoxy) is 1. The highest BCUT2D eigenvalue weighted by Crippen LogP contribution is 2.53. The van der Waals surface area contributed by atoms with Crippen LogP contribution in [0.3, 0.4) is 0 Å². The van der Waals surface area contributed by atoms with Crippen molar-refractivity contribution >= 4 is 0 Å². The zero-order chi connectivity index (χ0) is 8.89. The summed E-state index contributed by atoms with van der Waals surface area (Å²) < 4.78 is 5.79. The summed E-state index contributed by atoms with van der Waals surface area (Å²) in [6.07, 6.45) is 8.75. The molecule has 68 valence electrons. The largest absolute Gasteiger partial charge is 0.362 e. The van der Waals surface area contributed by atoms with E-state index >= 15 is 0 Å². The minimum absolute atomic E-state index is 0.00132. The van der Waals surface area contributed by atoms with Gasteiger partial charge in [0.25, 0.3) is 0 Å². The Balaban J connectivity index is 1.97. The molecule has 0 amide bonds. The van der Waals surface area contributed by atoms with Crippen molar-refractivity contribution in [1.29, 1.82) is 0 Å². The summed E-state index contributed by atoms with van der Waals surface area (Å²) in [6, 6.07) is 0. The summed E-state index contributed by atoms with van der Waals surface area (Å²) in [6.45, 7) is 1.44. The Morgan fingerprint density at radius 3 is 3.00 bits per heavy atom. The third kappa shape index (κ3) is 0.798. The quantitative estimate of drug-likeness (QED) is 0.610. The third-order valence-corrected chi connectivity index (χ3v) is 3.32. The van der Waals surface area contributed by atoms with E-state index in [4.69, 9.17) is 10.5 Å². The first-order valence-corrected chi connectivity index (χ1v) is 4.79. The molecule has 0 bridgehead atoms. The predicted molar refractivity (Wildman–Crippen MR) is 51.2 cm³/mol. The third-order valence-electron chi connectivity index (χ3n) is 3.32. The number of nitrogens with two attached hydrogens (primary N) is 1. The molecule has 2 nitrogen and oxygen atoms in total. The first-order valence-electron chi connectivity index (χ1n) is 4.79. The molecule has 0 aromatic carbocycles. The van der Waals surface area contributed by atoms with Crippen molar-refractivity contribution in [3.05, 3.63) is 34.9 Å². The van der Waals surface area contributed by atoms with Crippen LogP contribution >= 0.6 is 0 Å². The van der Waals surface area contributed by atoms with Gasteiger partial charge in [-0.05, 0) is 23.1 Å². The molecule has 1 heterocycles. The van der Waals surface area contributed by atoms with E-state index in [-0.39, 0.29) is 5.60 Å². The molecular weight excluding hydrogens is 162 g/mol. The van der Waals surface area contributed by atoms with E-state index < -0.39 is 0 Å². The van der Waals surface area contributed by atoms with Crippen molar-refractivity contribution in [3.63, 3.8) is 0 Å². The Morgan fingerprint density at radius 1 is 1.38 bits per heavy atom. The molecule has 0 saturated heterocycles. The lowest BCUT2D eigenvalue weighted by Crippen LogP contribution is -2.43. The molecule has 2 aliphatic carbocycles. The molecule has 0 aromatic heterocycles. The maximum absolute atomic E-state index is 5.79. The molecular formula is C11H13NO. The van der Waals surface area contributed by atoms with E-state index in [9.17, 15) is 0 Å². The molecule has 3 rings (SSSR count). The van der Waals surface area contributed by atoms with Crippen LogP contribution in [0.4, 0.5) is 0 Å². The highest BCUT2D eigenvalue weighted by atomic mass is 16.5. The Kier molecular flexibility index (Phi) is 1.35. The van der Waals surface area contributed by atoms with Crippen LogP contribution in [0.2, 0.25) is 0 Å². The first-order chi connectivity index (χ1) is 6.35. The molecule has 13 heavy (non-hydrogen) atoms. The Labute approximate surface area is 77.8 Å². The van der Waals surface area contributed by atoms with Crippen molar-refractivity contribution in [2.75, 3.05) is 13.2 Å². The zero-order valence-corrected chi connectivity index (χ0v) is 7.55. The van der Waals surface area contributed by atoms with E-state index in [0.29, 0.717) is 6.54 Å². The van der Waals surface area contributed by atoms with E-state index in [1.54, 1.807) is 0 Å². The van der Waals surface area contributed by atoms with E-state index in [1.165, 1.54) is 16.7 Å². The highest BCUT2D eigenvalue weighted by molar-refractivity contribution is 5.55. The Hall–Kier alpha value is -0.860. The van der Waals surface area contributed by atoms with Crippen molar-refractivity contribution in [2.24, 2.45) is 5.73 Å². The molecule has 0 aromatic rings. The molecule has 2 heteroatoms. The predicted octanol–water partition coefficient (Wildman–Crippen LogP) is 1.30. The van der Waals surface area contributed by atoms with Gasteiger partial charge in [0.05, 0.1) is 6.61 Å². The van der Waals surface area contributed by atoms with Gasteiger partial charge < -0.3 is 10.5 Å². The summed E-state index contributed by atoms with van der Waals surface area (Å²) in [5, 5.41) is 0. The van der Waals surface area contributed by atoms with Gasteiger partial charge in [0.2, 0.25) is 0 Å². The second-order valence-corrected chi connectivity index (χ2v) is 3.90. The Morgan fingerprint density at radius 2 is 2.31 bits per heavy atom. The van der Waals surface area contributed by atoms with Crippen LogP contribution in [0.25, 0.3) is 0 Å². The van der Waals surface area contributed by atoms with Crippen molar-refractivity contribution in [3.8, 4) is 0 Å². The molecule has 1 saturated carbocycles. The lowest BCUT2D eigenvalue weighted by atomic mass is 9.66. The normalized spacial score (nSPS) is 35.3. The lowest BCUT2D eigenvalue weighted by Gasteiger charge is -2.45. The molecule has 0 radical (unpaired) electrons. The molecule has 1 atom stereocenters. The minimum Gasteiger partial charge on any atom is -0.362 e. The van der Waals surface area contributed by atoms with Crippen LogP contribution in [-0.2, 0) is 4.74 Å². The van der Waals surface area contributed by atoms with E-state index in [2.05, 4.69) is 18.2 Å². The number of hydrogen-bond acceptors (Lipinski definition) is 2. The van der Waals surface area contributed by atoms with Crippen LogP contribution < -0.4 is 5.73 Å². The van der Waals surface area contributed by atoms with Gasteiger partial charge in [-0.1, -0.05) is 18.2 Å². The maximum atomic E-state index is 5.79. The van der Waals surface area contributed by atoms with Crippen molar-refractivity contribution in [1.82, 2.24) is 0 Å². The van der Waals surface area contributed by atoms with Gasteiger partial charge >= 0.3 is 0 Å². The fourth-order valence-electron chi connectivity index (χ4n) is 2.49. The second-order valence-electron chi connectivity index (χ2n) is 3.90. The summed E-state index contributed by atoms with van der Waals surface area (Å²) in [5.74, 6) is 0. The van der Waals surface area contributed by atoms with Gasteiger partial charge in [0.1, 0.15) is 5.60 Å². The molecule has 1 spiro atoms. The maximum Gasteiger partial charge on any atom is 0.115 e. The average Bonchev–Trinajstić information content (AvgIpc) is 2.45. The SMILES string of the molecule is NCC1=CCC23OCC=C2CC3=C1. The highest BCUT2D eigenvalue weighted by Gasteiger charge is 2.50. The van der Waals surface area contributed by atoms with E-state index in [0.717, 1.165) is 19.4 Å². The monoisotopic (exact) mass is 175 g/mol. The van der Waals surface area contributed by atoms with Crippen molar-refractivity contribution < 1.29 is 4.74 Å². The average molecular weight is 175 g/mol. The summed E-state index contributed by atoms with van der Waals surface area (Å²) in [7, 11) is 0. The van der Waals surface area contributed by atoms with Crippen molar-refractivity contribution in [2.45, 2.75) is 18.4 Å². The fourth-order valence-corrected chi connectivity index (χ4v) is 2.49. The van der Waals surface area contributed by atoms with Crippen LogP contribution in [-0.4, -0.2) is 18.8 Å². The van der Waals surface area contributed by atoms with Gasteiger partial charge in [-0.25, -0.2) is 0 Å². The lowest BCUT2D eigenvalue weighted by molar-refractivity contribution is 0.0270. The fraction of sp³-hybridized carbons (Fsp3) is 0.455. The smallest absolute Gasteiger partial charge is 0.115 e. The number of rotatable bonds is 1. The standard InChI is InChI=1S/C11H13NO/c12-7-8-1-3-11-9(2-4-13-11)6-10(11)5-8/h1-2,5H,3-4,6-7,12H2. The molecule has 2 N–H and O–H groups in total. The first kappa shape index (κ1) is 7.54. The van der Waals surface area contributed by atoms with Crippen LogP contribution in [0.15, 0.2) is 34.9 Å². The van der Waals surface area contributed by atoms with Crippen LogP contribution in [0.5, 0.6) is 0 Å². The topological polar surface area (TPSA) is 35.2 Å². The minimum atomic E-state index is -0.00132.